The number of amides is 1. The van der Waals surface area contributed by atoms with Crippen LogP contribution in [0.15, 0.2) is 30.3 Å². The lowest BCUT2D eigenvalue weighted by atomic mass is 9.89. The van der Waals surface area contributed by atoms with Crippen molar-refractivity contribution in [2.45, 2.75) is 65.3 Å². The van der Waals surface area contributed by atoms with Crippen molar-refractivity contribution in [1.82, 2.24) is 4.57 Å². The lowest BCUT2D eigenvalue weighted by Gasteiger charge is -2.24. The van der Waals surface area contributed by atoms with Crippen LogP contribution in [0.5, 0.6) is 0 Å². The fraction of sp³-hybridized carbons (Fsp3) is 0.478. The molecule has 0 bridgehead atoms. The van der Waals surface area contributed by atoms with Gasteiger partial charge in [0.15, 0.2) is 0 Å². The number of hydrogen-bond donors (Lipinski definition) is 2. The zero-order valence-corrected chi connectivity index (χ0v) is 18.2. The first-order valence-corrected chi connectivity index (χ1v) is 10.7. The van der Waals surface area contributed by atoms with Crippen LogP contribution in [0.25, 0.3) is 11.3 Å². The highest BCUT2D eigenvalue weighted by atomic mass is 16.6. The standard InChI is InChI=1S/C19H22N2O4.C4H9NO/c1-13-17(19(22)23)11-18(15-7-9-16(10-8-15)21(24)25)20(13)12-14-5-3-2-4-6-14;1-2-3-4(5)6/h7-11,14H,2-6,12H2,1H3,(H,22,23);2-3H2,1H3,(H2,5,6). The fourth-order valence-electron chi connectivity index (χ4n) is 3.96. The minimum atomic E-state index is -0.942. The van der Waals surface area contributed by atoms with Crippen molar-refractivity contribution in [2.75, 3.05) is 0 Å². The third-order valence-electron chi connectivity index (χ3n) is 5.63. The number of non-ortho nitro benzene ring substituents is 1. The number of hydrogen-bond acceptors (Lipinski definition) is 4. The molecule has 1 aromatic carbocycles. The van der Waals surface area contributed by atoms with Gasteiger partial charge < -0.3 is 15.4 Å². The molecule has 3 rings (SSSR count). The van der Waals surface area contributed by atoms with Gasteiger partial charge in [0, 0.05) is 36.5 Å². The van der Waals surface area contributed by atoms with E-state index in [4.69, 9.17) is 5.73 Å². The molecule has 1 heterocycles. The molecule has 1 amide bonds. The second-order valence-corrected chi connectivity index (χ2v) is 7.97. The summed E-state index contributed by atoms with van der Waals surface area (Å²) in [5, 5.41) is 20.3. The van der Waals surface area contributed by atoms with E-state index in [9.17, 15) is 24.8 Å². The number of primary amides is 1. The molecule has 8 nitrogen and oxygen atoms in total. The largest absolute Gasteiger partial charge is 0.478 e. The van der Waals surface area contributed by atoms with Gasteiger partial charge in [-0.2, -0.15) is 0 Å². The number of carbonyl (C=O) groups is 2. The average molecular weight is 430 g/mol. The van der Waals surface area contributed by atoms with Crippen molar-refractivity contribution in [3.05, 3.63) is 51.7 Å². The second-order valence-electron chi connectivity index (χ2n) is 7.97. The number of carboxylic acids is 1. The molecular formula is C23H31N3O5. The Balaban J connectivity index is 0.000000501. The van der Waals surface area contributed by atoms with Gasteiger partial charge in [0.05, 0.1) is 10.5 Å². The zero-order valence-electron chi connectivity index (χ0n) is 18.2. The van der Waals surface area contributed by atoms with E-state index < -0.39 is 10.9 Å². The summed E-state index contributed by atoms with van der Waals surface area (Å²) in [6.07, 6.45) is 7.43. The first-order chi connectivity index (χ1) is 14.7. The SMILES string of the molecule is CCCC(N)=O.Cc1c(C(=O)O)cc(-c2ccc([N+](=O)[O-])cc2)n1CC1CCCCC1. The van der Waals surface area contributed by atoms with Gasteiger partial charge in [0.2, 0.25) is 5.91 Å². The van der Waals surface area contributed by atoms with E-state index in [1.807, 2.05) is 13.8 Å². The lowest BCUT2D eigenvalue weighted by Crippen LogP contribution is -2.16. The number of aromatic carboxylic acids is 1. The first-order valence-electron chi connectivity index (χ1n) is 10.7. The number of nitro benzene ring substituents is 1. The van der Waals surface area contributed by atoms with E-state index in [1.54, 1.807) is 18.2 Å². The van der Waals surface area contributed by atoms with Gasteiger partial charge >= 0.3 is 5.97 Å². The summed E-state index contributed by atoms with van der Waals surface area (Å²) in [5.74, 6) is -0.598. The Bertz CT molecular complexity index is 912. The molecule has 1 aliphatic rings. The molecular weight excluding hydrogens is 398 g/mol. The van der Waals surface area contributed by atoms with Gasteiger partial charge in [-0.15, -0.1) is 0 Å². The number of aromatic nitrogens is 1. The quantitative estimate of drug-likeness (QED) is 0.477. The Morgan fingerprint density at radius 1 is 1.19 bits per heavy atom. The maximum absolute atomic E-state index is 11.6. The molecule has 1 saturated carbocycles. The molecule has 31 heavy (non-hydrogen) atoms. The Morgan fingerprint density at radius 3 is 2.26 bits per heavy atom. The van der Waals surface area contributed by atoms with Crippen LogP contribution in [0.3, 0.4) is 0 Å². The van der Waals surface area contributed by atoms with E-state index in [1.165, 1.54) is 44.2 Å². The van der Waals surface area contributed by atoms with Crippen LogP contribution < -0.4 is 5.73 Å². The van der Waals surface area contributed by atoms with Gasteiger partial charge in [-0.1, -0.05) is 26.2 Å². The van der Waals surface area contributed by atoms with E-state index in [0.717, 1.165) is 29.9 Å². The maximum atomic E-state index is 11.6. The number of benzene rings is 1. The van der Waals surface area contributed by atoms with Crippen LogP contribution in [0.1, 0.15) is 67.9 Å². The van der Waals surface area contributed by atoms with Gasteiger partial charge in [-0.05, 0) is 55.9 Å². The molecule has 0 saturated heterocycles. The highest BCUT2D eigenvalue weighted by molar-refractivity contribution is 5.91. The van der Waals surface area contributed by atoms with E-state index in [0.29, 0.717) is 17.9 Å². The van der Waals surface area contributed by atoms with Gasteiger partial charge in [0.1, 0.15) is 0 Å². The van der Waals surface area contributed by atoms with Crippen LogP contribution in [-0.4, -0.2) is 26.5 Å². The molecule has 1 aromatic heterocycles. The molecule has 0 unspecified atom stereocenters. The average Bonchev–Trinajstić information content (AvgIpc) is 3.06. The minimum Gasteiger partial charge on any atom is -0.478 e. The summed E-state index contributed by atoms with van der Waals surface area (Å²) < 4.78 is 2.07. The molecule has 8 heteroatoms. The predicted molar refractivity (Wildman–Crippen MR) is 119 cm³/mol. The molecule has 0 atom stereocenters. The molecule has 1 fully saturated rings. The number of carboxylic acid groups (broad SMARTS) is 1. The number of rotatable bonds is 7. The molecule has 0 spiro atoms. The third kappa shape index (κ3) is 6.67. The Labute approximate surface area is 182 Å². The normalized spacial score (nSPS) is 13.9. The van der Waals surface area contributed by atoms with Crippen molar-refractivity contribution in [1.29, 1.82) is 0 Å². The minimum absolute atomic E-state index is 0.0318. The first kappa shape index (κ1) is 24.1. The van der Waals surface area contributed by atoms with Gasteiger partial charge in [-0.3, -0.25) is 14.9 Å². The van der Waals surface area contributed by atoms with Crippen molar-refractivity contribution in [3.8, 4) is 11.3 Å². The summed E-state index contributed by atoms with van der Waals surface area (Å²) >= 11 is 0. The second kappa shape index (κ2) is 11.3. The van der Waals surface area contributed by atoms with E-state index >= 15 is 0 Å². The summed E-state index contributed by atoms with van der Waals surface area (Å²) in [5.41, 5.74) is 7.45. The zero-order chi connectivity index (χ0) is 23.0. The lowest BCUT2D eigenvalue weighted by molar-refractivity contribution is -0.384. The highest BCUT2D eigenvalue weighted by Crippen LogP contribution is 2.32. The Kier molecular flexibility index (Phi) is 8.78. The van der Waals surface area contributed by atoms with Crippen molar-refractivity contribution < 1.29 is 19.6 Å². The molecule has 3 N–H and O–H groups in total. The highest BCUT2D eigenvalue weighted by Gasteiger charge is 2.22. The topological polar surface area (TPSA) is 128 Å². The van der Waals surface area contributed by atoms with Crippen LogP contribution in [0, 0.1) is 23.0 Å². The van der Waals surface area contributed by atoms with Crippen LogP contribution in [0.4, 0.5) is 5.69 Å². The van der Waals surface area contributed by atoms with Gasteiger partial charge in [-0.25, -0.2) is 4.79 Å². The Morgan fingerprint density at radius 2 is 1.81 bits per heavy atom. The fourth-order valence-corrected chi connectivity index (χ4v) is 3.96. The predicted octanol–water partition coefficient (Wildman–Crippen LogP) is 4.92. The molecule has 2 aromatic rings. The summed E-state index contributed by atoms with van der Waals surface area (Å²) in [6, 6.07) is 7.99. The van der Waals surface area contributed by atoms with Crippen molar-refractivity contribution in [3.63, 3.8) is 0 Å². The Hall–Kier alpha value is -3.16. The molecule has 0 radical (unpaired) electrons. The number of carbonyl (C=O) groups excluding carboxylic acids is 1. The van der Waals surface area contributed by atoms with Crippen molar-refractivity contribution in [2.24, 2.45) is 11.7 Å². The number of nitrogens with two attached hydrogens (primary N) is 1. The van der Waals surface area contributed by atoms with Crippen LogP contribution in [-0.2, 0) is 11.3 Å². The maximum Gasteiger partial charge on any atom is 0.337 e. The van der Waals surface area contributed by atoms with Crippen LogP contribution in [0.2, 0.25) is 0 Å². The van der Waals surface area contributed by atoms with Gasteiger partial charge in [0.25, 0.3) is 5.69 Å². The summed E-state index contributed by atoms with van der Waals surface area (Å²) in [7, 11) is 0. The van der Waals surface area contributed by atoms with Crippen LogP contribution >= 0.6 is 0 Å². The molecule has 0 aliphatic heterocycles. The summed E-state index contributed by atoms with van der Waals surface area (Å²) in [4.78, 5) is 31.8. The number of nitrogens with zero attached hydrogens (tertiary/aromatic N) is 2. The van der Waals surface area contributed by atoms with E-state index in [2.05, 4.69) is 4.57 Å². The summed E-state index contributed by atoms with van der Waals surface area (Å²) in [6.45, 7) is 4.55. The monoisotopic (exact) mass is 429 g/mol. The third-order valence-corrected chi connectivity index (χ3v) is 5.63. The van der Waals surface area contributed by atoms with E-state index in [-0.39, 0.29) is 11.6 Å². The molecule has 168 valence electrons. The number of nitro groups is 1. The molecule has 1 aliphatic carbocycles. The smallest absolute Gasteiger partial charge is 0.337 e. The van der Waals surface area contributed by atoms with Crippen molar-refractivity contribution >= 4 is 17.6 Å².